The van der Waals surface area contributed by atoms with Gasteiger partial charge in [-0.25, -0.2) is 10.4 Å². The molecule has 28 heavy (non-hydrogen) atoms. The lowest BCUT2D eigenvalue weighted by Gasteiger charge is -2.12. The van der Waals surface area contributed by atoms with Gasteiger partial charge in [0.25, 0.3) is 5.56 Å². The predicted octanol–water partition coefficient (Wildman–Crippen LogP) is 3.28. The molecule has 0 amide bonds. The van der Waals surface area contributed by atoms with E-state index in [1.54, 1.807) is 24.0 Å². The van der Waals surface area contributed by atoms with Crippen molar-refractivity contribution < 1.29 is 9.47 Å². The van der Waals surface area contributed by atoms with E-state index in [1.165, 1.54) is 0 Å². The van der Waals surface area contributed by atoms with Crippen LogP contribution in [0, 0.1) is 0 Å². The van der Waals surface area contributed by atoms with Crippen molar-refractivity contribution in [3.63, 3.8) is 0 Å². The van der Waals surface area contributed by atoms with Crippen molar-refractivity contribution >= 4 is 23.1 Å². The minimum Gasteiger partial charge on any atom is -0.494 e. The summed E-state index contributed by atoms with van der Waals surface area (Å²) < 4.78 is 12.1. The van der Waals surface area contributed by atoms with Gasteiger partial charge in [-0.1, -0.05) is 12.1 Å². The van der Waals surface area contributed by atoms with Gasteiger partial charge in [-0.15, -0.1) is 0 Å². The molecule has 0 bridgehead atoms. The third kappa shape index (κ3) is 4.75. The van der Waals surface area contributed by atoms with Crippen molar-refractivity contribution in [1.82, 2.24) is 9.55 Å². The molecule has 0 fully saturated rings. The number of fused-ring (bicyclic) bond motifs is 1. The van der Waals surface area contributed by atoms with Crippen LogP contribution in [0.1, 0.15) is 18.9 Å². The number of ether oxygens (including phenoxy) is 2. The maximum Gasteiger partial charge on any atom is 0.262 e. The van der Waals surface area contributed by atoms with E-state index >= 15 is 0 Å². The minimum atomic E-state index is -0.0968. The molecule has 146 valence electrons. The van der Waals surface area contributed by atoms with Crippen LogP contribution in [0.3, 0.4) is 0 Å². The zero-order valence-electron chi connectivity index (χ0n) is 16.1. The van der Waals surface area contributed by atoms with Gasteiger partial charge in [0, 0.05) is 20.3 Å². The Kier molecular flexibility index (Phi) is 6.75. The molecule has 7 heteroatoms. The molecule has 0 unspecified atom stereocenters. The molecule has 0 saturated carbocycles. The highest BCUT2D eigenvalue weighted by atomic mass is 16.5. The lowest BCUT2D eigenvalue weighted by atomic mass is 10.2. The van der Waals surface area contributed by atoms with Crippen LogP contribution < -0.4 is 15.7 Å². The maximum absolute atomic E-state index is 12.9. The molecule has 0 aliphatic rings. The van der Waals surface area contributed by atoms with Gasteiger partial charge >= 0.3 is 0 Å². The molecule has 1 N–H and O–H groups in total. The molecular formula is C21H24N4O3. The van der Waals surface area contributed by atoms with Gasteiger partial charge < -0.3 is 9.47 Å². The highest BCUT2D eigenvalue weighted by Crippen LogP contribution is 2.13. The second kappa shape index (κ2) is 9.66. The van der Waals surface area contributed by atoms with Gasteiger partial charge in [-0.2, -0.15) is 5.10 Å². The van der Waals surface area contributed by atoms with Crippen molar-refractivity contribution in [1.29, 1.82) is 0 Å². The average Bonchev–Trinajstić information content (AvgIpc) is 2.72. The third-order valence-electron chi connectivity index (χ3n) is 4.16. The van der Waals surface area contributed by atoms with Crippen molar-refractivity contribution in [2.45, 2.75) is 19.9 Å². The maximum atomic E-state index is 12.9. The molecule has 7 nitrogen and oxygen atoms in total. The molecule has 2 aromatic carbocycles. The predicted molar refractivity (Wildman–Crippen MR) is 111 cm³/mol. The number of para-hydroxylation sites is 1. The number of methoxy groups -OCH3 is 1. The summed E-state index contributed by atoms with van der Waals surface area (Å²) in [5, 5.41) is 4.84. The molecular weight excluding hydrogens is 356 g/mol. The Morgan fingerprint density at radius 2 is 1.96 bits per heavy atom. The van der Waals surface area contributed by atoms with Gasteiger partial charge in [0.1, 0.15) is 5.75 Å². The third-order valence-corrected chi connectivity index (χ3v) is 4.16. The summed E-state index contributed by atoms with van der Waals surface area (Å²) in [7, 11) is 1.64. The molecule has 1 heterocycles. The van der Waals surface area contributed by atoms with E-state index in [0.717, 1.165) is 11.3 Å². The highest BCUT2D eigenvalue weighted by molar-refractivity contribution is 5.81. The van der Waals surface area contributed by atoms with Crippen LogP contribution in [-0.4, -0.2) is 36.1 Å². The smallest absolute Gasteiger partial charge is 0.262 e. The zero-order chi connectivity index (χ0) is 19.8. The number of hydrazone groups is 1. The van der Waals surface area contributed by atoms with E-state index < -0.39 is 0 Å². The number of benzene rings is 2. The van der Waals surface area contributed by atoms with Gasteiger partial charge in [0.15, 0.2) is 0 Å². The molecule has 3 aromatic rings. The normalized spacial score (nSPS) is 11.2. The fourth-order valence-corrected chi connectivity index (χ4v) is 2.81. The molecule has 1 aromatic heterocycles. The monoisotopic (exact) mass is 380 g/mol. The van der Waals surface area contributed by atoms with Crippen molar-refractivity contribution in [2.75, 3.05) is 25.7 Å². The lowest BCUT2D eigenvalue weighted by molar-refractivity contribution is 0.190. The zero-order valence-corrected chi connectivity index (χ0v) is 16.1. The Hall–Kier alpha value is -3.19. The number of rotatable bonds is 9. The van der Waals surface area contributed by atoms with Crippen molar-refractivity contribution in [2.24, 2.45) is 5.10 Å². The molecule has 0 aliphatic carbocycles. The average molecular weight is 380 g/mol. The van der Waals surface area contributed by atoms with E-state index in [1.807, 2.05) is 49.4 Å². The summed E-state index contributed by atoms with van der Waals surface area (Å²) in [6.07, 6.45) is 2.38. The van der Waals surface area contributed by atoms with E-state index in [9.17, 15) is 4.79 Å². The Morgan fingerprint density at radius 3 is 2.71 bits per heavy atom. The van der Waals surface area contributed by atoms with Crippen LogP contribution in [0.25, 0.3) is 10.9 Å². The quantitative estimate of drug-likeness (QED) is 0.350. The van der Waals surface area contributed by atoms with Crippen molar-refractivity contribution in [3.8, 4) is 5.75 Å². The van der Waals surface area contributed by atoms with Crippen LogP contribution in [0.5, 0.6) is 5.75 Å². The number of aromatic nitrogens is 2. The molecule has 3 rings (SSSR count). The SMILES string of the molecule is CCOc1ccc(/C=N\Nc2nc3ccccc3c(=O)n2CCCOC)cc1. The van der Waals surface area contributed by atoms with E-state index in [-0.39, 0.29) is 5.56 Å². The largest absolute Gasteiger partial charge is 0.494 e. The summed E-state index contributed by atoms with van der Waals surface area (Å²) in [6.45, 7) is 3.63. The van der Waals surface area contributed by atoms with Gasteiger partial charge in [-0.05, 0) is 55.3 Å². The molecule has 0 saturated heterocycles. The fourth-order valence-electron chi connectivity index (χ4n) is 2.81. The summed E-state index contributed by atoms with van der Waals surface area (Å²) in [4.78, 5) is 17.4. The van der Waals surface area contributed by atoms with E-state index in [0.29, 0.717) is 43.0 Å². The minimum absolute atomic E-state index is 0.0968. The van der Waals surface area contributed by atoms with Crippen LogP contribution in [0.4, 0.5) is 5.95 Å². The summed E-state index contributed by atoms with van der Waals surface area (Å²) in [5.41, 5.74) is 4.35. The Balaban J connectivity index is 1.83. The van der Waals surface area contributed by atoms with Gasteiger partial charge in [0.2, 0.25) is 5.95 Å². The summed E-state index contributed by atoms with van der Waals surface area (Å²) >= 11 is 0. The summed E-state index contributed by atoms with van der Waals surface area (Å²) in [6, 6.07) is 14.9. The Morgan fingerprint density at radius 1 is 1.18 bits per heavy atom. The van der Waals surface area contributed by atoms with Crippen molar-refractivity contribution in [3.05, 3.63) is 64.4 Å². The van der Waals surface area contributed by atoms with E-state index in [4.69, 9.17) is 9.47 Å². The number of hydrogen-bond donors (Lipinski definition) is 1. The highest BCUT2D eigenvalue weighted by Gasteiger charge is 2.10. The second-order valence-corrected chi connectivity index (χ2v) is 6.13. The number of anilines is 1. The number of hydrogen-bond acceptors (Lipinski definition) is 6. The topological polar surface area (TPSA) is 77.7 Å². The van der Waals surface area contributed by atoms with Gasteiger partial charge in [0.05, 0.1) is 23.7 Å². The van der Waals surface area contributed by atoms with Crippen LogP contribution in [-0.2, 0) is 11.3 Å². The van der Waals surface area contributed by atoms with Crippen LogP contribution in [0.15, 0.2) is 58.4 Å². The Labute approximate surface area is 163 Å². The first-order valence-electron chi connectivity index (χ1n) is 9.23. The number of nitrogens with one attached hydrogen (secondary N) is 1. The fraction of sp³-hybridized carbons (Fsp3) is 0.286. The van der Waals surface area contributed by atoms with E-state index in [2.05, 4.69) is 15.5 Å². The standard InChI is InChI=1S/C21H24N4O3/c1-3-28-17-11-9-16(10-12-17)15-22-24-21-23-19-8-5-4-7-18(19)20(26)25(21)13-6-14-27-2/h4-5,7-12,15H,3,6,13-14H2,1-2H3,(H,23,24)/b22-15-. The first kappa shape index (κ1) is 19.6. The van der Waals surface area contributed by atoms with Gasteiger partial charge in [-0.3, -0.25) is 9.36 Å². The lowest BCUT2D eigenvalue weighted by Crippen LogP contribution is -2.24. The molecule has 0 aliphatic heterocycles. The van der Waals surface area contributed by atoms with Crippen LogP contribution >= 0.6 is 0 Å². The second-order valence-electron chi connectivity index (χ2n) is 6.13. The molecule has 0 radical (unpaired) electrons. The first-order chi connectivity index (χ1) is 13.7. The number of nitrogens with zero attached hydrogens (tertiary/aromatic N) is 3. The molecule has 0 atom stereocenters. The summed E-state index contributed by atoms with van der Waals surface area (Å²) in [5.74, 6) is 1.22. The van der Waals surface area contributed by atoms with Crippen LogP contribution in [0.2, 0.25) is 0 Å². The first-order valence-corrected chi connectivity index (χ1v) is 9.23. The molecule has 0 spiro atoms. The Bertz CT molecular complexity index is 997.